The van der Waals surface area contributed by atoms with Crippen molar-refractivity contribution in [2.24, 2.45) is 0 Å². The van der Waals surface area contributed by atoms with Crippen LogP contribution in [0.2, 0.25) is 0 Å². The predicted molar refractivity (Wildman–Crippen MR) is 77.5 cm³/mol. The lowest BCUT2D eigenvalue weighted by atomic mass is 10.1. The second-order valence-electron chi connectivity index (χ2n) is 4.63. The summed E-state index contributed by atoms with van der Waals surface area (Å²) < 4.78 is 1.04. The van der Waals surface area contributed by atoms with Crippen LogP contribution in [-0.2, 0) is 0 Å². The van der Waals surface area contributed by atoms with Gasteiger partial charge in [0.25, 0.3) is 0 Å². The highest BCUT2D eigenvalue weighted by Gasteiger charge is 2.23. The molecule has 0 bridgehead atoms. The van der Waals surface area contributed by atoms with E-state index >= 15 is 0 Å². The van der Waals surface area contributed by atoms with Gasteiger partial charge in [-0.2, -0.15) is 0 Å². The molecule has 1 fully saturated rings. The first-order valence-corrected chi connectivity index (χ1v) is 6.95. The summed E-state index contributed by atoms with van der Waals surface area (Å²) in [6.07, 6.45) is 0. The molecule has 1 heterocycles. The third kappa shape index (κ3) is 2.75. The lowest BCUT2D eigenvalue weighted by Gasteiger charge is -2.40. The molecule has 0 amide bonds. The molecule has 0 aromatic heterocycles. The Hall–Kier alpha value is -0.740. The van der Waals surface area contributed by atoms with Crippen molar-refractivity contribution in [2.75, 3.05) is 36.8 Å². The van der Waals surface area contributed by atoms with E-state index < -0.39 is 0 Å². The van der Waals surface area contributed by atoms with Crippen molar-refractivity contribution >= 4 is 27.3 Å². The van der Waals surface area contributed by atoms with Crippen LogP contribution in [0.5, 0.6) is 0 Å². The summed E-state index contributed by atoms with van der Waals surface area (Å²) in [5, 5.41) is 0. The third-order valence-electron chi connectivity index (χ3n) is 3.50. The average Bonchev–Trinajstić information content (AvgIpc) is 2.29. The summed E-state index contributed by atoms with van der Waals surface area (Å²) in [5.41, 5.74) is 8.10. The van der Waals surface area contributed by atoms with Crippen LogP contribution in [-0.4, -0.2) is 37.1 Å². The number of piperazine rings is 1. The van der Waals surface area contributed by atoms with Gasteiger partial charge in [-0.25, -0.2) is 0 Å². The summed E-state index contributed by atoms with van der Waals surface area (Å²) in [6, 6.07) is 6.74. The van der Waals surface area contributed by atoms with Crippen LogP contribution in [0, 0.1) is 0 Å². The fourth-order valence-electron chi connectivity index (χ4n) is 2.50. The van der Waals surface area contributed by atoms with Crippen LogP contribution in [0.25, 0.3) is 0 Å². The predicted octanol–water partition coefficient (Wildman–Crippen LogP) is 2.56. The molecule has 0 radical (unpaired) electrons. The van der Waals surface area contributed by atoms with Crippen molar-refractivity contribution in [1.29, 1.82) is 0 Å². The molecular formula is C13H20BrN3. The number of anilines is 2. The summed E-state index contributed by atoms with van der Waals surface area (Å²) in [5.74, 6) is 0. The van der Waals surface area contributed by atoms with Gasteiger partial charge < -0.3 is 10.6 Å². The maximum atomic E-state index is 6.08. The smallest absolute Gasteiger partial charge is 0.0601 e. The number of halogens is 1. The largest absolute Gasteiger partial charge is 0.397 e. The number of hydrogen-bond donors (Lipinski definition) is 1. The lowest BCUT2D eigenvalue weighted by molar-refractivity contribution is 0.199. The molecule has 1 saturated heterocycles. The molecular weight excluding hydrogens is 278 g/mol. The minimum Gasteiger partial charge on any atom is -0.397 e. The van der Waals surface area contributed by atoms with Gasteiger partial charge in [0.1, 0.15) is 0 Å². The number of rotatable bonds is 2. The van der Waals surface area contributed by atoms with Crippen LogP contribution >= 0.6 is 15.9 Å². The highest BCUT2D eigenvalue weighted by molar-refractivity contribution is 9.10. The molecule has 4 heteroatoms. The second-order valence-corrected chi connectivity index (χ2v) is 5.54. The zero-order chi connectivity index (χ0) is 12.4. The van der Waals surface area contributed by atoms with Gasteiger partial charge in [-0.15, -0.1) is 0 Å². The van der Waals surface area contributed by atoms with Crippen molar-refractivity contribution in [3.63, 3.8) is 0 Å². The SMILES string of the molecule is CCN1CCN(c2ccc(Br)cc2N)CC1C. The molecule has 17 heavy (non-hydrogen) atoms. The van der Waals surface area contributed by atoms with Gasteiger partial charge in [0.2, 0.25) is 0 Å². The first kappa shape index (κ1) is 12.7. The minimum absolute atomic E-state index is 0.594. The molecule has 2 rings (SSSR count). The van der Waals surface area contributed by atoms with Crippen LogP contribution < -0.4 is 10.6 Å². The third-order valence-corrected chi connectivity index (χ3v) is 3.99. The van der Waals surface area contributed by atoms with Gasteiger partial charge >= 0.3 is 0 Å². The normalized spacial score (nSPS) is 21.8. The Bertz CT molecular complexity index is 394. The van der Waals surface area contributed by atoms with Crippen LogP contribution in [0.1, 0.15) is 13.8 Å². The molecule has 1 atom stereocenters. The monoisotopic (exact) mass is 297 g/mol. The molecule has 2 N–H and O–H groups in total. The summed E-state index contributed by atoms with van der Waals surface area (Å²) in [6.45, 7) is 8.87. The Balaban J connectivity index is 2.14. The first-order chi connectivity index (χ1) is 8.11. The van der Waals surface area contributed by atoms with Gasteiger partial charge in [0, 0.05) is 30.1 Å². The van der Waals surface area contributed by atoms with Gasteiger partial charge in [0.15, 0.2) is 0 Å². The standard InChI is InChI=1S/C13H20BrN3/c1-3-16-6-7-17(9-10(16)2)13-5-4-11(14)8-12(13)15/h4-5,8,10H,3,6-7,9,15H2,1-2H3. The Labute approximate surface area is 112 Å². The molecule has 1 aromatic carbocycles. The number of benzene rings is 1. The summed E-state index contributed by atoms with van der Waals surface area (Å²) >= 11 is 3.45. The van der Waals surface area contributed by atoms with Crippen molar-refractivity contribution in [1.82, 2.24) is 4.90 Å². The zero-order valence-electron chi connectivity index (χ0n) is 10.5. The number of nitrogens with two attached hydrogens (primary N) is 1. The average molecular weight is 298 g/mol. The molecule has 1 aliphatic heterocycles. The van der Waals surface area contributed by atoms with E-state index in [2.05, 4.69) is 51.7 Å². The fourth-order valence-corrected chi connectivity index (χ4v) is 2.88. The van der Waals surface area contributed by atoms with E-state index in [-0.39, 0.29) is 0 Å². The molecule has 0 saturated carbocycles. The van der Waals surface area contributed by atoms with Gasteiger partial charge in [0.05, 0.1) is 11.4 Å². The second kappa shape index (κ2) is 5.27. The Morgan fingerprint density at radius 2 is 2.18 bits per heavy atom. The van der Waals surface area contributed by atoms with Crippen molar-refractivity contribution in [3.05, 3.63) is 22.7 Å². The number of likely N-dealkylation sites (N-methyl/N-ethyl adjacent to an activating group) is 1. The van der Waals surface area contributed by atoms with Crippen molar-refractivity contribution in [2.45, 2.75) is 19.9 Å². The molecule has 1 unspecified atom stereocenters. The molecule has 0 aliphatic carbocycles. The summed E-state index contributed by atoms with van der Waals surface area (Å²) in [4.78, 5) is 4.89. The quantitative estimate of drug-likeness (QED) is 0.852. The van der Waals surface area contributed by atoms with E-state index in [4.69, 9.17) is 5.73 Å². The van der Waals surface area contributed by atoms with E-state index in [1.54, 1.807) is 0 Å². The van der Waals surface area contributed by atoms with Gasteiger partial charge in [-0.1, -0.05) is 22.9 Å². The fraction of sp³-hybridized carbons (Fsp3) is 0.538. The Kier molecular flexibility index (Phi) is 3.94. The molecule has 1 aliphatic rings. The molecule has 0 spiro atoms. The van der Waals surface area contributed by atoms with Crippen molar-refractivity contribution in [3.8, 4) is 0 Å². The van der Waals surface area contributed by atoms with Crippen molar-refractivity contribution < 1.29 is 0 Å². The zero-order valence-corrected chi connectivity index (χ0v) is 12.1. The minimum atomic E-state index is 0.594. The van der Waals surface area contributed by atoms with E-state index in [0.717, 1.165) is 42.0 Å². The van der Waals surface area contributed by atoms with Gasteiger partial charge in [-0.05, 0) is 31.7 Å². The number of hydrogen-bond acceptors (Lipinski definition) is 3. The van der Waals surface area contributed by atoms with E-state index in [1.807, 2.05) is 6.07 Å². The Morgan fingerprint density at radius 1 is 1.41 bits per heavy atom. The maximum Gasteiger partial charge on any atom is 0.0601 e. The van der Waals surface area contributed by atoms with Crippen LogP contribution in [0.3, 0.4) is 0 Å². The molecule has 1 aromatic rings. The lowest BCUT2D eigenvalue weighted by Crippen LogP contribution is -2.51. The van der Waals surface area contributed by atoms with Crippen LogP contribution in [0.4, 0.5) is 11.4 Å². The van der Waals surface area contributed by atoms with E-state index in [0.29, 0.717) is 6.04 Å². The highest BCUT2D eigenvalue weighted by atomic mass is 79.9. The Morgan fingerprint density at radius 3 is 2.76 bits per heavy atom. The number of nitrogens with zero attached hydrogens (tertiary/aromatic N) is 2. The molecule has 94 valence electrons. The topological polar surface area (TPSA) is 32.5 Å². The maximum absolute atomic E-state index is 6.08. The van der Waals surface area contributed by atoms with Crippen LogP contribution in [0.15, 0.2) is 22.7 Å². The van der Waals surface area contributed by atoms with E-state index in [1.165, 1.54) is 0 Å². The first-order valence-electron chi connectivity index (χ1n) is 6.16. The summed E-state index contributed by atoms with van der Waals surface area (Å²) in [7, 11) is 0. The molecule has 3 nitrogen and oxygen atoms in total. The van der Waals surface area contributed by atoms with Gasteiger partial charge in [-0.3, -0.25) is 4.90 Å². The number of nitrogen functional groups attached to an aromatic ring is 1. The van der Waals surface area contributed by atoms with E-state index in [9.17, 15) is 0 Å². The highest BCUT2D eigenvalue weighted by Crippen LogP contribution is 2.28.